The van der Waals surface area contributed by atoms with E-state index in [0.717, 1.165) is 5.56 Å². The van der Waals surface area contributed by atoms with Crippen molar-refractivity contribution in [3.05, 3.63) is 29.8 Å². The van der Waals surface area contributed by atoms with Gasteiger partial charge in [0.05, 0.1) is 7.11 Å². The Hall–Kier alpha value is -0.440. The van der Waals surface area contributed by atoms with Gasteiger partial charge in [0.15, 0.2) is 11.5 Å². The maximum atomic E-state index is 9.25. The molecule has 2 nitrogen and oxygen atoms in total. The summed E-state index contributed by atoms with van der Waals surface area (Å²) in [6.07, 6.45) is 3.88. The smallest absolute Gasteiger partial charge is 1.00 e. The van der Waals surface area contributed by atoms with E-state index >= 15 is 0 Å². The first-order valence-corrected chi connectivity index (χ1v) is 3.77. The van der Waals surface area contributed by atoms with Gasteiger partial charge in [-0.1, -0.05) is 18.2 Å². The fraction of sp³-hybridized carbons (Fsp3) is 0.200. The number of allylic oxidation sites excluding steroid dienone is 1. The van der Waals surface area contributed by atoms with Crippen LogP contribution < -0.4 is 34.3 Å². The molecule has 0 spiro atoms. The van der Waals surface area contributed by atoms with Gasteiger partial charge in [-0.05, 0) is 24.6 Å². The van der Waals surface area contributed by atoms with Crippen molar-refractivity contribution in [2.75, 3.05) is 7.11 Å². The van der Waals surface area contributed by atoms with E-state index in [0.29, 0.717) is 5.75 Å². The van der Waals surface area contributed by atoms with Crippen LogP contribution in [0.15, 0.2) is 24.3 Å². The Kier molecular flexibility index (Phi) is 5.88. The van der Waals surface area contributed by atoms with Crippen LogP contribution in [0, 0.1) is 0 Å². The molecule has 0 atom stereocenters. The molecule has 3 heteroatoms. The van der Waals surface area contributed by atoms with Crippen molar-refractivity contribution >= 4 is 6.08 Å². The minimum Gasteiger partial charge on any atom is -1.00 e. The first kappa shape index (κ1) is 12.6. The van der Waals surface area contributed by atoms with E-state index in [1.54, 1.807) is 12.1 Å². The van der Waals surface area contributed by atoms with Gasteiger partial charge in [0.1, 0.15) is 0 Å². The summed E-state index contributed by atoms with van der Waals surface area (Å²) in [5, 5.41) is 9.25. The topological polar surface area (TPSA) is 29.5 Å². The molecule has 0 heterocycles. The van der Waals surface area contributed by atoms with Gasteiger partial charge in [-0.15, -0.1) is 0 Å². The zero-order chi connectivity index (χ0) is 8.97. The second kappa shape index (κ2) is 6.08. The van der Waals surface area contributed by atoms with Gasteiger partial charge in [-0.3, -0.25) is 0 Å². The fourth-order valence-corrected chi connectivity index (χ4v) is 0.990. The average molecular weight is 188 g/mol. The quantitative estimate of drug-likeness (QED) is 0.637. The predicted molar refractivity (Wildman–Crippen MR) is 50.5 cm³/mol. The zero-order valence-electron chi connectivity index (χ0n) is 9.24. The van der Waals surface area contributed by atoms with Crippen LogP contribution in [0.4, 0.5) is 0 Å². The monoisotopic (exact) mass is 188 g/mol. The Labute approximate surface area is 102 Å². The van der Waals surface area contributed by atoms with Crippen LogP contribution in [-0.4, -0.2) is 12.2 Å². The molecular weight excluding hydrogens is 175 g/mol. The van der Waals surface area contributed by atoms with Crippen LogP contribution in [0.1, 0.15) is 13.9 Å². The van der Waals surface area contributed by atoms with Gasteiger partial charge in [0.2, 0.25) is 0 Å². The molecule has 0 aromatic heterocycles. The van der Waals surface area contributed by atoms with E-state index in [9.17, 15) is 5.11 Å². The summed E-state index contributed by atoms with van der Waals surface area (Å²) in [5.74, 6) is 0.677. The number of rotatable bonds is 2. The van der Waals surface area contributed by atoms with Crippen LogP contribution in [0.5, 0.6) is 11.5 Å². The molecular formula is C10H13NaO2. The Morgan fingerprint density at radius 2 is 2.15 bits per heavy atom. The van der Waals surface area contributed by atoms with E-state index in [1.165, 1.54) is 7.11 Å². The van der Waals surface area contributed by atoms with Crippen molar-refractivity contribution in [1.29, 1.82) is 0 Å². The predicted octanol–water partition coefficient (Wildman–Crippen LogP) is -0.450. The van der Waals surface area contributed by atoms with E-state index in [4.69, 9.17) is 4.74 Å². The molecule has 0 fully saturated rings. The summed E-state index contributed by atoms with van der Waals surface area (Å²) in [4.78, 5) is 0. The Morgan fingerprint density at radius 1 is 1.46 bits per heavy atom. The molecule has 1 aromatic rings. The summed E-state index contributed by atoms with van der Waals surface area (Å²) >= 11 is 0. The van der Waals surface area contributed by atoms with Crippen molar-refractivity contribution < 1.29 is 40.8 Å². The largest absolute Gasteiger partial charge is 1.00 e. The van der Waals surface area contributed by atoms with Gasteiger partial charge in [0, 0.05) is 0 Å². The van der Waals surface area contributed by atoms with Crippen LogP contribution >= 0.6 is 0 Å². The van der Waals surface area contributed by atoms with Gasteiger partial charge >= 0.3 is 29.6 Å². The molecule has 0 radical (unpaired) electrons. The minimum absolute atomic E-state index is 0. The van der Waals surface area contributed by atoms with Crippen molar-refractivity contribution in [3.8, 4) is 11.5 Å². The molecule has 1 aromatic carbocycles. The number of ether oxygens (including phenoxy) is 1. The summed E-state index contributed by atoms with van der Waals surface area (Å²) in [6, 6.07) is 5.24. The standard InChI is InChI=1S/C10H12O2.Na.H/c1-3-4-8-5-6-9(11)10(7-8)12-2;;/h3-7,11H,1-2H3;;/q;+1;-1. The second-order valence-corrected chi connectivity index (χ2v) is 2.43. The van der Waals surface area contributed by atoms with Crippen LogP contribution in [0.3, 0.4) is 0 Å². The molecule has 1 rings (SSSR count). The van der Waals surface area contributed by atoms with Crippen molar-refractivity contribution in [1.82, 2.24) is 0 Å². The molecule has 0 aliphatic heterocycles. The van der Waals surface area contributed by atoms with Crippen molar-refractivity contribution in [2.45, 2.75) is 6.92 Å². The first-order chi connectivity index (χ1) is 5.77. The summed E-state index contributed by atoms with van der Waals surface area (Å²) in [6.45, 7) is 1.94. The van der Waals surface area contributed by atoms with E-state index < -0.39 is 0 Å². The molecule has 0 unspecified atom stereocenters. The Morgan fingerprint density at radius 3 is 2.69 bits per heavy atom. The van der Waals surface area contributed by atoms with Crippen LogP contribution in [-0.2, 0) is 0 Å². The Balaban J connectivity index is 0. The van der Waals surface area contributed by atoms with Crippen molar-refractivity contribution in [3.63, 3.8) is 0 Å². The Bertz CT molecular complexity index is 300. The second-order valence-electron chi connectivity index (χ2n) is 2.43. The van der Waals surface area contributed by atoms with Crippen LogP contribution in [0.25, 0.3) is 6.08 Å². The number of methoxy groups -OCH3 is 1. The molecule has 1 N–H and O–H groups in total. The zero-order valence-corrected chi connectivity index (χ0v) is 10.2. The van der Waals surface area contributed by atoms with Crippen molar-refractivity contribution in [2.24, 2.45) is 0 Å². The maximum Gasteiger partial charge on any atom is 1.00 e. The van der Waals surface area contributed by atoms with E-state index in [-0.39, 0.29) is 36.7 Å². The third-order valence-corrected chi connectivity index (χ3v) is 1.56. The molecule has 0 bridgehead atoms. The molecule has 0 saturated heterocycles. The van der Waals surface area contributed by atoms with Gasteiger partial charge in [-0.2, -0.15) is 0 Å². The normalized spacial score (nSPS) is 9.69. The van der Waals surface area contributed by atoms with Crippen LogP contribution in [0.2, 0.25) is 0 Å². The number of hydrogen-bond donors (Lipinski definition) is 1. The molecule has 13 heavy (non-hydrogen) atoms. The number of aromatic hydroxyl groups is 1. The fourth-order valence-electron chi connectivity index (χ4n) is 0.990. The minimum atomic E-state index is 0. The first-order valence-electron chi connectivity index (χ1n) is 3.77. The average Bonchev–Trinajstić information content (AvgIpc) is 2.09. The third kappa shape index (κ3) is 3.43. The number of hydrogen-bond acceptors (Lipinski definition) is 2. The summed E-state index contributed by atoms with van der Waals surface area (Å²) in [7, 11) is 1.54. The third-order valence-electron chi connectivity index (χ3n) is 1.56. The number of phenols is 1. The molecule has 0 amide bonds. The van der Waals surface area contributed by atoms with E-state index in [1.807, 2.05) is 25.1 Å². The molecule has 0 aliphatic carbocycles. The van der Waals surface area contributed by atoms with Gasteiger partial charge < -0.3 is 11.3 Å². The molecule has 0 aliphatic rings. The summed E-state index contributed by atoms with van der Waals surface area (Å²) in [5.41, 5.74) is 1.02. The molecule has 66 valence electrons. The van der Waals surface area contributed by atoms with E-state index in [2.05, 4.69) is 0 Å². The van der Waals surface area contributed by atoms with Gasteiger partial charge in [-0.25, -0.2) is 0 Å². The van der Waals surface area contributed by atoms with Gasteiger partial charge in [0.25, 0.3) is 0 Å². The number of phenolic OH excluding ortho intramolecular Hbond substituents is 1. The number of benzene rings is 1. The summed E-state index contributed by atoms with van der Waals surface area (Å²) < 4.78 is 4.95. The SMILES string of the molecule is CC=Cc1ccc(O)c(OC)c1.[H-].[Na+]. The maximum absolute atomic E-state index is 9.25. The molecule has 0 saturated carbocycles.